The van der Waals surface area contributed by atoms with Crippen LogP contribution < -0.4 is 9.47 Å². The van der Waals surface area contributed by atoms with Crippen molar-refractivity contribution in [3.05, 3.63) is 59.7 Å². The second kappa shape index (κ2) is 10.1. The molecule has 28 heavy (non-hydrogen) atoms. The summed E-state index contributed by atoms with van der Waals surface area (Å²) in [4.78, 5) is 15.3. The molecule has 0 saturated heterocycles. The van der Waals surface area contributed by atoms with Crippen LogP contribution in [-0.4, -0.2) is 56.4 Å². The van der Waals surface area contributed by atoms with Gasteiger partial charge in [-0.2, -0.15) is 0 Å². The van der Waals surface area contributed by atoms with Gasteiger partial charge in [0.1, 0.15) is 18.1 Å². The third kappa shape index (κ3) is 4.46. The number of nitrogens with zero attached hydrogens (tertiary/aromatic N) is 1. The smallest absolute Gasteiger partial charge is 0.348 e. The first kappa shape index (κ1) is 21.7. The fourth-order valence-corrected chi connectivity index (χ4v) is 3.16. The molecule has 152 valence electrons. The van der Waals surface area contributed by atoms with Crippen LogP contribution in [0.3, 0.4) is 0 Å². The molecule has 0 fully saturated rings. The summed E-state index contributed by atoms with van der Waals surface area (Å²) in [6, 6.07) is 13.7. The van der Waals surface area contributed by atoms with E-state index in [0.29, 0.717) is 29.2 Å². The maximum absolute atomic E-state index is 13.2. The molecule has 0 atom stereocenters. The summed E-state index contributed by atoms with van der Waals surface area (Å²) in [5.74, 6) is 0.00172. The molecule has 6 nitrogen and oxygen atoms in total. The van der Waals surface area contributed by atoms with Crippen molar-refractivity contribution < 1.29 is 24.1 Å². The van der Waals surface area contributed by atoms with Gasteiger partial charge < -0.3 is 24.2 Å². The number of methoxy groups -OCH3 is 2. The first-order valence-corrected chi connectivity index (χ1v) is 9.41. The van der Waals surface area contributed by atoms with Crippen LogP contribution in [0.4, 0.5) is 0 Å². The highest BCUT2D eigenvalue weighted by atomic mass is 16.6. The summed E-state index contributed by atoms with van der Waals surface area (Å²) in [6.45, 7) is 6.57. The normalized spacial score (nSPS) is 11.4. The van der Waals surface area contributed by atoms with Gasteiger partial charge in [-0.1, -0.05) is 50.2 Å². The molecule has 2 aromatic carbocycles. The molecule has 0 aliphatic rings. The maximum atomic E-state index is 13.2. The number of esters is 1. The summed E-state index contributed by atoms with van der Waals surface area (Å²) in [6.07, 6.45) is 0. The number of benzene rings is 2. The molecule has 0 aliphatic heterocycles. The van der Waals surface area contributed by atoms with E-state index in [1.54, 1.807) is 48.5 Å². The highest BCUT2D eigenvalue weighted by Gasteiger charge is 2.45. The summed E-state index contributed by atoms with van der Waals surface area (Å²) in [5, 5.41) is 11.7. The lowest BCUT2D eigenvalue weighted by atomic mass is 9.85. The SMILES string of the molecule is CCN(CC)CCOC(=O)C(O)(c1ccccc1OC)c1ccccc1OC. The van der Waals surface area contributed by atoms with Gasteiger partial charge in [-0.15, -0.1) is 0 Å². The Morgan fingerprint density at radius 1 is 0.929 bits per heavy atom. The van der Waals surface area contributed by atoms with Gasteiger partial charge in [0, 0.05) is 17.7 Å². The highest BCUT2D eigenvalue weighted by Crippen LogP contribution is 2.40. The van der Waals surface area contributed by atoms with Crippen LogP contribution in [0, 0.1) is 0 Å². The number of carbonyl (C=O) groups is 1. The molecular formula is C22H29NO5. The minimum absolute atomic E-state index is 0.174. The maximum Gasteiger partial charge on any atom is 0.348 e. The van der Waals surface area contributed by atoms with Crippen LogP contribution >= 0.6 is 0 Å². The Bertz CT molecular complexity index is 726. The minimum Gasteiger partial charge on any atom is -0.496 e. The Kier molecular flexibility index (Phi) is 7.84. The molecule has 0 bridgehead atoms. The lowest BCUT2D eigenvalue weighted by Crippen LogP contribution is -2.40. The molecular weight excluding hydrogens is 358 g/mol. The molecule has 2 rings (SSSR count). The van der Waals surface area contributed by atoms with Crippen molar-refractivity contribution in [1.82, 2.24) is 4.90 Å². The zero-order valence-electron chi connectivity index (χ0n) is 17.0. The Hall–Kier alpha value is -2.57. The van der Waals surface area contributed by atoms with E-state index in [0.717, 1.165) is 13.1 Å². The number of hydrogen-bond donors (Lipinski definition) is 1. The number of ether oxygens (including phenoxy) is 3. The second-order valence-electron chi connectivity index (χ2n) is 6.27. The van der Waals surface area contributed by atoms with E-state index >= 15 is 0 Å². The molecule has 0 spiro atoms. The van der Waals surface area contributed by atoms with Crippen molar-refractivity contribution in [2.24, 2.45) is 0 Å². The number of hydrogen-bond acceptors (Lipinski definition) is 6. The molecule has 2 aromatic rings. The predicted octanol–water partition coefficient (Wildman–Crippen LogP) is 2.82. The number of likely N-dealkylation sites (N-methyl/N-ethyl adjacent to an activating group) is 1. The summed E-state index contributed by atoms with van der Waals surface area (Å²) in [5.41, 5.74) is -1.47. The Morgan fingerprint density at radius 3 is 1.82 bits per heavy atom. The molecule has 0 aliphatic carbocycles. The van der Waals surface area contributed by atoms with E-state index < -0.39 is 11.6 Å². The summed E-state index contributed by atoms with van der Waals surface area (Å²) < 4.78 is 16.3. The largest absolute Gasteiger partial charge is 0.496 e. The van der Waals surface area contributed by atoms with Crippen LogP contribution in [0.25, 0.3) is 0 Å². The van der Waals surface area contributed by atoms with Gasteiger partial charge in [0.15, 0.2) is 0 Å². The first-order valence-electron chi connectivity index (χ1n) is 9.41. The summed E-state index contributed by atoms with van der Waals surface area (Å²) in [7, 11) is 2.99. The topological polar surface area (TPSA) is 68.2 Å². The van der Waals surface area contributed by atoms with E-state index in [9.17, 15) is 9.90 Å². The van der Waals surface area contributed by atoms with E-state index in [-0.39, 0.29) is 6.61 Å². The minimum atomic E-state index is -2.07. The fraction of sp³-hybridized carbons (Fsp3) is 0.409. The van der Waals surface area contributed by atoms with Gasteiger partial charge in [0.05, 0.1) is 14.2 Å². The molecule has 1 N–H and O–H groups in total. The lowest BCUT2D eigenvalue weighted by Gasteiger charge is -2.30. The molecule has 0 saturated carbocycles. The third-order valence-electron chi connectivity index (χ3n) is 4.82. The average Bonchev–Trinajstić information content (AvgIpc) is 2.75. The van der Waals surface area contributed by atoms with Gasteiger partial charge in [0.25, 0.3) is 0 Å². The van der Waals surface area contributed by atoms with Crippen LogP contribution in [0.2, 0.25) is 0 Å². The molecule has 0 aromatic heterocycles. The fourth-order valence-electron chi connectivity index (χ4n) is 3.16. The molecule has 0 unspecified atom stereocenters. The predicted molar refractivity (Wildman–Crippen MR) is 108 cm³/mol. The van der Waals surface area contributed by atoms with Gasteiger partial charge in [-0.05, 0) is 25.2 Å². The third-order valence-corrected chi connectivity index (χ3v) is 4.82. The number of aliphatic hydroxyl groups is 1. The quantitative estimate of drug-likeness (QED) is 0.633. The molecule has 6 heteroatoms. The van der Waals surface area contributed by atoms with Crippen molar-refractivity contribution in [3.63, 3.8) is 0 Å². The van der Waals surface area contributed by atoms with Crippen LogP contribution in [0.1, 0.15) is 25.0 Å². The van der Waals surface area contributed by atoms with E-state index in [1.807, 2.05) is 13.8 Å². The Balaban J connectivity index is 2.46. The van der Waals surface area contributed by atoms with Crippen molar-refractivity contribution in [3.8, 4) is 11.5 Å². The van der Waals surface area contributed by atoms with E-state index in [1.165, 1.54) is 14.2 Å². The van der Waals surface area contributed by atoms with Gasteiger partial charge >= 0.3 is 5.97 Å². The van der Waals surface area contributed by atoms with Crippen molar-refractivity contribution >= 4 is 5.97 Å². The monoisotopic (exact) mass is 387 g/mol. The molecule has 0 heterocycles. The zero-order valence-corrected chi connectivity index (χ0v) is 17.0. The van der Waals surface area contributed by atoms with Crippen LogP contribution in [0.5, 0.6) is 11.5 Å². The van der Waals surface area contributed by atoms with E-state index in [2.05, 4.69) is 4.90 Å². The van der Waals surface area contributed by atoms with Crippen LogP contribution in [0.15, 0.2) is 48.5 Å². The zero-order chi connectivity index (χ0) is 20.6. The second-order valence-corrected chi connectivity index (χ2v) is 6.27. The van der Waals surface area contributed by atoms with Crippen molar-refractivity contribution in [2.75, 3.05) is 40.5 Å². The van der Waals surface area contributed by atoms with Crippen molar-refractivity contribution in [2.45, 2.75) is 19.4 Å². The molecule has 0 amide bonds. The Morgan fingerprint density at radius 2 is 1.39 bits per heavy atom. The lowest BCUT2D eigenvalue weighted by molar-refractivity contribution is -0.162. The Labute approximate surface area is 166 Å². The van der Waals surface area contributed by atoms with Gasteiger partial charge in [0.2, 0.25) is 5.60 Å². The van der Waals surface area contributed by atoms with Crippen LogP contribution in [-0.2, 0) is 15.1 Å². The number of rotatable bonds is 10. The summed E-state index contributed by atoms with van der Waals surface area (Å²) >= 11 is 0. The number of carbonyl (C=O) groups excluding carboxylic acids is 1. The van der Waals surface area contributed by atoms with Gasteiger partial charge in [-0.25, -0.2) is 4.79 Å². The molecule has 0 radical (unpaired) electrons. The first-order chi connectivity index (χ1) is 13.5. The number of para-hydroxylation sites is 2. The highest BCUT2D eigenvalue weighted by molar-refractivity contribution is 5.87. The standard InChI is InChI=1S/C22H29NO5/c1-5-23(6-2)15-16-28-21(24)22(25,17-11-7-9-13-19(17)26-3)18-12-8-10-14-20(18)27-4/h7-14,25H,5-6,15-16H2,1-4H3. The van der Waals surface area contributed by atoms with Crippen molar-refractivity contribution in [1.29, 1.82) is 0 Å². The van der Waals surface area contributed by atoms with Gasteiger partial charge in [-0.3, -0.25) is 0 Å². The van der Waals surface area contributed by atoms with E-state index in [4.69, 9.17) is 14.2 Å². The average molecular weight is 387 g/mol.